The van der Waals surface area contributed by atoms with Crippen molar-refractivity contribution in [3.05, 3.63) is 23.8 Å². The summed E-state index contributed by atoms with van der Waals surface area (Å²) in [7, 11) is 0. The highest BCUT2D eigenvalue weighted by molar-refractivity contribution is 5.31. The highest BCUT2D eigenvalue weighted by atomic mass is 14.6. The minimum Gasteiger partial charge on any atom is -0.0876 e. The summed E-state index contributed by atoms with van der Waals surface area (Å²) in [5, 5.41) is 0. The molecule has 0 saturated heterocycles. The Kier molecular flexibility index (Phi) is 2.57. The van der Waals surface area contributed by atoms with Crippen LogP contribution in [-0.2, 0) is 0 Å². The van der Waals surface area contributed by atoms with Gasteiger partial charge in [0, 0.05) is 0 Å². The molecule has 0 N–H and O–H groups in total. The van der Waals surface area contributed by atoms with Crippen molar-refractivity contribution in [2.24, 2.45) is 28.6 Å². The summed E-state index contributed by atoms with van der Waals surface area (Å²) in [6.45, 7) is 5.11. The first-order chi connectivity index (χ1) is 9.13. The lowest BCUT2D eigenvalue weighted by atomic mass is 9.49. The fourth-order valence-corrected chi connectivity index (χ4v) is 6.06. The van der Waals surface area contributed by atoms with Gasteiger partial charge in [0.2, 0.25) is 0 Å². The van der Waals surface area contributed by atoms with Gasteiger partial charge in [-0.3, -0.25) is 0 Å². The van der Waals surface area contributed by atoms with Crippen LogP contribution in [0.5, 0.6) is 0 Å². The van der Waals surface area contributed by atoms with Crippen LogP contribution in [0.3, 0.4) is 0 Å². The Balaban J connectivity index is 1.73. The first-order valence-corrected chi connectivity index (χ1v) is 8.52. The molecule has 5 atom stereocenters. The first-order valence-electron chi connectivity index (χ1n) is 8.52. The van der Waals surface area contributed by atoms with E-state index in [1.807, 2.05) is 5.57 Å². The highest BCUT2D eigenvalue weighted by Crippen LogP contribution is 2.62. The molecular formula is C19H28. The molecule has 4 rings (SSSR count). The Morgan fingerprint density at radius 3 is 2.89 bits per heavy atom. The number of hydrogen-bond acceptors (Lipinski definition) is 0. The summed E-state index contributed by atoms with van der Waals surface area (Å²) in [4.78, 5) is 0. The van der Waals surface area contributed by atoms with E-state index in [0.717, 1.165) is 17.8 Å². The Hall–Kier alpha value is -0.520. The molecule has 4 aliphatic carbocycles. The van der Waals surface area contributed by atoms with Gasteiger partial charge >= 0.3 is 0 Å². The van der Waals surface area contributed by atoms with E-state index in [1.54, 1.807) is 0 Å². The van der Waals surface area contributed by atoms with Crippen LogP contribution in [0.2, 0.25) is 0 Å². The van der Waals surface area contributed by atoms with Gasteiger partial charge in [0.25, 0.3) is 0 Å². The van der Waals surface area contributed by atoms with Gasteiger partial charge in [-0.1, -0.05) is 50.5 Å². The molecule has 0 amide bonds. The molecule has 2 saturated carbocycles. The van der Waals surface area contributed by atoms with Crippen LogP contribution in [0, 0.1) is 28.6 Å². The molecular weight excluding hydrogens is 228 g/mol. The normalized spacial score (nSPS) is 52.1. The Labute approximate surface area is 118 Å². The van der Waals surface area contributed by atoms with Crippen molar-refractivity contribution in [2.75, 3.05) is 0 Å². The molecule has 4 aliphatic rings. The van der Waals surface area contributed by atoms with E-state index in [4.69, 9.17) is 0 Å². The van der Waals surface area contributed by atoms with Crippen LogP contribution < -0.4 is 0 Å². The zero-order valence-electron chi connectivity index (χ0n) is 12.6. The second-order valence-electron chi connectivity index (χ2n) is 8.16. The van der Waals surface area contributed by atoms with Gasteiger partial charge in [0.05, 0.1) is 0 Å². The largest absolute Gasteiger partial charge is 0.0876 e. The lowest BCUT2D eigenvalue weighted by molar-refractivity contribution is 0.0515. The molecule has 1 unspecified atom stereocenters. The van der Waals surface area contributed by atoms with E-state index in [9.17, 15) is 0 Å². The van der Waals surface area contributed by atoms with E-state index in [-0.39, 0.29) is 0 Å². The summed E-state index contributed by atoms with van der Waals surface area (Å²) < 4.78 is 0. The van der Waals surface area contributed by atoms with Crippen molar-refractivity contribution in [1.29, 1.82) is 0 Å². The zero-order valence-corrected chi connectivity index (χ0v) is 12.6. The summed E-state index contributed by atoms with van der Waals surface area (Å²) in [6.07, 6.45) is 19.3. The number of allylic oxidation sites excluding steroid dienone is 4. The Morgan fingerprint density at radius 1 is 1.11 bits per heavy atom. The molecule has 0 aromatic rings. The van der Waals surface area contributed by atoms with E-state index < -0.39 is 0 Å². The summed E-state index contributed by atoms with van der Waals surface area (Å²) in [5.41, 5.74) is 2.96. The molecule has 2 fully saturated rings. The predicted molar refractivity (Wildman–Crippen MR) is 80.8 cm³/mol. The standard InChI is InChI=1S/C19H28/c1-18-11-5-7-16(18)15-9-8-14-6-3-4-12-19(14,2)17(15)10-13-18/h5,10-11,14-16H,3-4,6-9,12-13H2,1-2H3/t14?,15-,16-,18-,19-/m0/s1. The fraction of sp³-hybridized carbons (Fsp3) is 0.789. The summed E-state index contributed by atoms with van der Waals surface area (Å²) >= 11 is 0. The van der Waals surface area contributed by atoms with Gasteiger partial charge in [0.1, 0.15) is 0 Å². The molecule has 19 heavy (non-hydrogen) atoms. The third-order valence-electron chi connectivity index (χ3n) is 7.27. The fourth-order valence-electron chi connectivity index (χ4n) is 6.06. The third-order valence-corrected chi connectivity index (χ3v) is 7.27. The first kappa shape index (κ1) is 12.2. The van der Waals surface area contributed by atoms with Gasteiger partial charge in [-0.05, 0) is 67.1 Å². The monoisotopic (exact) mass is 256 g/mol. The molecule has 0 bridgehead atoms. The Bertz CT molecular complexity index is 443. The van der Waals surface area contributed by atoms with Crippen molar-refractivity contribution in [3.8, 4) is 0 Å². The second-order valence-corrected chi connectivity index (χ2v) is 8.16. The molecule has 0 heteroatoms. The van der Waals surface area contributed by atoms with Crippen molar-refractivity contribution in [3.63, 3.8) is 0 Å². The maximum absolute atomic E-state index is 2.69. The topological polar surface area (TPSA) is 0 Å². The Morgan fingerprint density at radius 2 is 2.00 bits per heavy atom. The lowest BCUT2D eigenvalue weighted by Crippen LogP contribution is -2.45. The van der Waals surface area contributed by atoms with Crippen LogP contribution in [-0.4, -0.2) is 0 Å². The van der Waals surface area contributed by atoms with Crippen LogP contribution in [0.1, 0.15) is 65.2 Å². The maximum Gasteiger partial charge on any atom is -0.00751 e. The molecule has 0 spiro atoms. The number of rotatable bonds is 0. The SMILES string of the molecule is C[C@@]12C=CC[C@H]1[C@@H]1CCC3CCCC[C@]3(C)C1=CC2. The van der Waals surface area contributed by atoms with Gasteiger partial charge in [-0.25, -0.2) is 0 Å². The van der Waals surface area contributed by atoms with E-state index in [1.165, 1.54) is 51.4 Å². The number of hydrogen-bond donors (Lipinski definition) is 0. The van der Waals surface area contributed by atoms with E-state index in [2.05, 4.69) is 32.1 Å². The van der Waals surface area contributed by atoms with Crippen molar-refractivity contribution in [2.45, 2.75) is 65.2 Å². The van der Waals surface area contributed by atoms with Gasteiger partial charge in [-0.2, -0.15) is 0 Å². The maximum atomic E-state index is 2.69. The average molecular weight is 256 g/mol. The molecule has 0 aliphatic heterocycles. The molecule has 104 valence electrons. The summed E-state index contributed by atoms with van der Waals surface area (Å²) in [5.74, 6) is 2.84. The lowest BCUT2D eigenvalue weighted by Gasteiger charge is -2.55. The molecule has 0 nitrogen and oxygen atoms in total. The smallest absolute Gasteiger partial charge is 0.00751 e. The van der Waals surface area contributed by atoms with Gasteiger partial charge in [0.15, 0.2) is 0 Å². The average Bonchev–Trinajstić information content (AvgIpc) is 2.79. The highest BCUT2D eigenvalue weighted by Gasteiger charge is 2.52. The second kappa shape index (κ2) is 3.99. The minimum absolute atomic E-state index is 0.492. The van der Waals surface area contributed by atoms with Crippen molar-refractivity contribution >= 4 is 0 Å². The quantitative estimate of drug-likeness (QED) is 0.502. The molecule has 0 aromatic carbocycles. The van der Waals surface area contributed by atoms with Crippen LogP contribution in [0.25, 0.3) is 0 Å². The van der Waals surface area contributed by atoms with Gasteiger partial charge in [-0.15, -0.1) is 0 Å². The van der Waals surface area contributed by atoms with Crippen molar-refractivity contribution < 1.29 is 0 Å². The molecule has 0 radical (unpaired) electrons. The number of fused-ring (bicyclic) bond motifs is 5. The predicted octanol–water partition coefficient (Wildman–Crippen LogP) is 5.51. The van der Waals surface area contributed by atoms with Crippen LogP contribution >= 0.6 is 0 Å². The molecule has 0 heterocycles. The van der Waals surface area contributed by atoms with Crippen LogP contribution in [0.4, 0.5) is 0 Å². The van der Waals surface area contributed by atoms with E-state index in [0.29, 0.717) is 10.8 Å². The van der Waals surface area contributed by atoms with E-state index >= 15 is 0 Å². The minimum atomic E-state index is 0.492. The van der Waals surface area contributed by atoms with Crippen molar-refractivity contribution in [1.82, 2.24) is 0 Å². The van der Waals surface area contributed by atoms with Crippen LogP contribution in [0.15, 0.2) is 23.8 Å². The zero-order chi connectivity index (χ0) is 13.1. The summed E-state index contributed by atoms with van der Waals surface area (Å²) in [6, 6.07) is 0. The molecule has 0 aromatic heterocycles. The third kappa shape index (κ3) is 1.58. The van der Waals surface area contributed by atoms with Gasteiger partial charge < -0.3 is 0 Å².